The number of hydrogen-bond donors (Lipinski definition) is 1. The van der Waals surface area contributed by atoms with E-state index in [1.807, 2.05) is 37.2 Å². The second kappa shape index (κ2) is 11.5. The lowest BCUT2D eigenvalue weighted by molar-refractivity contribution is -0.140. The molecule has 0 radical (unpaired) electrons. The van der Waals surface area contributed by atoms with E-state index in [9.17, 15) is 32.3 Å². The molecule has 3 aromatic heterocycles. The van der Waals surface area contributed by atoms with Gasteiger partial charge in [-0.3, -0.25) is 4.79 Å². The number of rotatable bonds is 6. The minimum absolute atomic E-state index is 0.183. The van der Waals surface area contributed by atoms with Crippen molar-refractivity contribution in [2.24, 2.45) is 5.92 Å². The molecule has 1 aliphatic rings. The number of benzene rings is 1. The van der Waals surface area contributed by atoms with Crippen LogP contribution >= 0.6 is 0 Å². The summed E-state index contributed by atoms with van der Waals surface area (Å²) in [6, 6.07) is 7.92. The molecule has 0 spiro atoms. The van der Waals surface area contributed by atoms with Crippen molar-refractivity contribution in [1.82, 2.24) is 19.4 Å². The Balaban J connectivity index is 1.46. The molecule has 4 aromatic rings. The monoisotopic (exact) mass is 625 g/mol. The van der Waals surface area contributed by atoms with Crippen LogP contribution in [0.5, 0.6) is 0 Å². The smallest absolute Gasteiger partial charge is 0.419 e. The van der Waals surface area contributed by atoms with E-state index in [4.69, 9.17) is 4.98 Å². The molecule has 8 nitrogen and oxygen atoms in total. The van der Waals surface area contributed by atoms with Crippen molar-refractivity contribution in [1.29, 1.82) is 0 Å². The maximum absolute atomic E-state index is 14.5. The summed E-state index contributed by atoms with van der Waals surface area (Å²) >= 11 is 0. The Morgan fingerprint density at radius 1 is 1.04 bits per heavy atom. The molecule has 1 N–H and O–H groups in total. The van der Waals surface area contributed by atoms with Gasteiger partial charge in [-0.25, -0.2) is 19.2 Å². The lowest BCUT2D eigenvalue weighted by atomic mass is 9.97. The first-order valence-electron chi connectivity index (χ1n) is 14.6. The third-order valence-electron chi connectivity index (χ3n) is 8.16. The van der Waals surface area contributed by atoms with E-state index in [2.05, 4.69) is 4.98 Å². The van der Waals surface area contributed by atoms with Gasteiger partial charge in [-0.1, -0.05) is 19.9 Å². The third kappa shape index (κ3) is 6.10. The van der Waals surface area contributed by atoms with Gasteiger partial charge < -0.3 is 19.5 Å². The zero-order valence-corrected chi connectivity index (χ0v) is 26.0. The van der Waals surface area contributed by atoms with E-state index < -0.39 is 29.1 Å². The molecule has 0 aliphatic carbocycles. The fraction of sp³-hybridized carbons (Fsp3) is 0.394. The van der Waals surface area contributed by atoms with Crippen LogP contribution in [-0.4, -0.2) is 61.6 Å². The molecule has 5 rings (SSSR count). The van der Waals surface area contributed by atoms with Gasteiger partial charge in [0.25, 0.3) is 5.91 Å². The summed E-state index contributed by atoms with van der Waals surface area (Å²) in [5, 5.41) is 10.1. The molecule has 0 saturated carbocycles. The number of carbonyl (C=O) groups excluding carboxylic acids is 1. The Bertz CT molecular complexity index is 1790. The number of aryl methyl sites for hydroxylation is 2. The first-order chi connectivity index (χ1) is 21.0. The highest BCUT2D eigenvalue weighted by atomic mass is 19.4. The largest absolute Gasteiger partial charge is 0.478 e. The van der Waals surface area contributed by atoms with Crippen molar-refractivity contribution in [3.63, 3.8) is 0 Å². The van der Waals surface area contributed by atoms with Crippen molar-refractivity contribution in [3.05, 3.63) is 76.5 Å². The van der Waals surface area contributed by atoms with Crippen LogP contribution in [0.3, 0.4) is 0 Å². The van der Waals surface area contributed by atoms with Crippen LogP contribution in [-0.2, 0) is 12.7 Å². The summed E-state index contributed by atoms with van der Waals surface area (Å²) in [6.07, 6.45) is -3.06. The number of carboxylic acid groups (broad SMARTS) is 1. The van der Waals surface area contributed by atoms with Gasteiger partial charge >= 0.3 is 12.1 Å². The minimum atomic E-state index is -4.80. The van der Waals surface area contributed by atoms with Gasteiger partial charge in [0.05, 0.1) is 22.4 Å². The van der Waals surface area contributed by atoms with Gasteiger partial charge in [0, 0.05) is 43.3 Å². The van der Waals surface area contributed by atoms with E-state index >= 15 is 0 Å². The maximum Gasteiger partial charge on any atom is 0.419 e. The zero-order chi connectivity index (χ0) is 33.0. The van der Waals surface area contributed by atoms with Crippen LogP contribution in [0.2, 0.25) is 0 Å². The molecular formula is C33H35F4N5O3. The topological polar surface area (TPSA) is 91.6 Å². The van der Waals surface area contributed by atoms with E-state index in [1.165, 1.54) is 6.07 Å². The molecule has 1 aliphatic heterocycles. The Morgan fingerprint density at radius 3 is 2.33 bits per heavy atom. The highest BCUT2D eigenvalue weighted by Gasteiger charge is 2.39. The Labute approximate surface area is 258 Å². The number of nitrogens with zero attached hydrogens (tertiary/aromatic N) is 5. The average molecular weight is 626 g/mol. The van der Waals surface area contributed by atoms with Gasteiger partial charge in [0.2, 0.25) is 0 Å². The number of fused-ring (bicyclic) bond motifs is 1. The van der Waals surface area contributed by atoms with Gasteiger partial charge in [0.15, 0.2) is 0 Å². The maximum atomic E-state index is 14.5. The fourth-order valence-electron chi connectivity index (χ4n) is 6.12. The molecule has 1 amide bonds. The van der Waals surface area contributed by atoms with Crippen molar-refractivity contribution in [2.75, 3.05) is 24.5 Å². The molecule has 238 valence electrons. The van der Waals surface area contributed by atoms with Crippen LogP contribution in [0.4, 0.5) is 23.4 Å². The molecule has 1 aromatic carbocycles. The van der Waals surface area contributed by atoms with Crippen LogP contribution in [0.15, 0.2) is 42.6 Å². The Hall–Kier alpha value is -4.48. The molecule has 1 fully saturated rings. The van der Waals surface area contributed by atoms with Crippen molar-refractivity contribution < 1.29 is 32.3 Å². The predicted molar refractivity (Wildman–Crippen MR) is 163 cm³/mol. The molecular weight excluding hydrogens is 590 g/mol. The van der Waals surface area contributed by atoms with Crippen LogP contribution in [0.1, 0.15) is 65.4 Å². The second-order valence-corrected chi connectivity index (χ2v) is 12.6. The predicted octanol–water partition coefficient (Wildman–Crippen LogP) is 6.97. The van der Waals surface area contributed by atoms with Crippen molar-refractivity contribution in [2.45, 2.75) is 59.8 Å². The SMILES string of the molecule is Cc1cc(N2CCN(C(=O)c3ccc4c(-c5ccc(C(F)(F)F)c(F)c5)cn(CC(C)C)c4n3)C(C)(C)C2)nc(C)c1C(=O)O. The molecule has 0 atom stereocenters. The van der Waals surface area contributed by atoms with Gasteiger partial charge in [0.1, 0.15) is 23.0 Å². The summed E-state index contributed by atoms with van der Waals surface area (Å²) < 4.78 is 55.9. The number of aromatic nitrogens is 3. The first kappa shape index (κ1) is 31.9. The van der Waals surface area contributed by atoms with Gasteiger partial charge in [-0.2, -0.15) is 13.2 Å². The number of pyridine rings is 2. The molecule has 45 heavy (non-hydrogen) atoms. The Kier molecular flexibility index (Phi) is 8.13. The molecule has 12 heteroatoms. The molecule has 1 saturated heterocycles. The van der Waals surface area contributed by atoms with Crippen LogP contribution < -0.4 is 4.90 Å². The van der Waals surface area contributed by atoms with E-state index in [1.54, 1.807) is 43.1 Å². The standard InChI is InChI=1S/C33H35F4N5O3/c1-18(2)15-41-16-23(21-7-9-24(25(34)14-21)33(35,36)37)22-8-10-26(39-29(22)41)30(43)42-12-11-40(17-32(42,5)6)27-13-19(3)28(31(44)45)20(4)38-27/h7-10,13-14,16,18H,11-12,15,17H2,1-6H3,(H,44,45). The number of piperazine rings is 1. The quantitative estimate of drug-likeness (QED) is 0.233. The minimum Gasteiger partial charge on any atom is -0.478 e. The van der Waals surface area contributed by atoms with E-state index in [0.717, 1.165) is 12.1 Å². The first-order valence-corrected chi connectivity index (χ1v) is 14.6. The van der Waals surface area contributed by atoms with Gasteiger partial charge in [-0.15, -0.1) is 0 Å². The lowest BCUT2D eigenvalue weighted by Gasteiger charge is -2.47. The normalized spacial score (nSPS) is 15.3. The third-order valence-corrected chi connectivity index (χ3v) is 8.16. The number of halogens is 4. The highest BCUT2D eigenvalue weighted by molar-refractivity contribution is 5.99. The Morgan fingerprint density at radius 2 is 1.76 bits per heavy atom. The summed E-state index contributed by atoms with van der Waals surface area (Å²) in [5.41, 5.74) is 0.751. The molecule has 0 bridgehead atoms. The summed E-state index contributed by atoms with van der Waals surface area (Å²) in [6.45, 7) is 13.1. The summed E-state index contributed by atoms with van der Waals surface area (Å²) in [7, 11) is 0. The highest BCUT2D eigenvalue weighted by Crippen LogP contribution is 2.36. The summed E-state index contributed by atoms with van der Waals surface area (Å²) in [5.74, 6) is -1.82. The molecule has 0 unspecified atom stereocenters. The number of carbonyl (C=O) groups is 2. The average Bonchev–Trinajstić information content (AvgIpc) is 3.27. The number of hydrogen-bond acceptors (Lipinski definition) is 5. The van der Waals surface area contributed by atoms with Crippen LogP contribution in [0, 0.1) is 25.6 Å². The van der Waals surface area contributed by atoms with Gasteiger partial charge in [-0.05, 0) is 75.1 Å². The zero-order valence-electron chi connectivity index (χ0n) is 26.0. The lowest BCUT2D eigenvalue weighted by Crippen LogP contribution is -2.61. The number of carboxylic acids is 1. The van der Waals surface area contributed by atoms with E-state index in [-0.39, 0.29) is 28.6 Å². The number of anilines is 1. The fourth-order valence-corrected chi connectivity index (χ4v) is 6.12. The van der Waals surface area contributed by atoms with Crippen molar-refractivity contribution in [3.8, 4) is 11.1 Å². The second-order valence-electron chi connectivity index (χ2n) is 12.6. The molecule has 4 heterocycles. The number of amides is 1. The number of aromatic carboxylic acids is 1. The van der Waals surface area contributed by atoms with Crippen molar-refractivity contribution >= 4 is 28.7 Å². The number of alkyl halides is 3. The summed E-state index contributed by atoms with van der Waals surface area (Å²) in [4.78, 5) is 38.6. The van der Waals surface area contributed by atoms with Crippen LogP contribution in [0.25, 0.3) is 22.2 Å². The van der Waals surface area contributed by atoms with E-state index in [0.29, 0.717) is 59.9 Å².